The van der Waals surface area contributed by atoms with Crippen LogP contribution in [0.15, 0.2) is 53.4 Å². The molecule has 156 valence electrons. The number of anilines is 1. The van der Waals surface area contributed by atoms with Crippen molar-refractivity contribution in [1.82, 2.24) is 4.31 Å². The maximum Gasteiger partial charge on any atom is 0.255 e. The number of nitrogens with zero attached hydrogens (tertiary/aromatic N) is 1. The summed E-state index contributed by atoms with van der Waals surface area (Å²) in [5, 5.41) is 2.84. The molecule has 0 spiro atoms. The van der Waals surface area contributed by atoms with E-state index in [0.29, 0.717) is 36.7 Å². The van der Waals surface area contributed by atoms with Crippen LogP contribution in [0.3, 0.4) is 0 Å². The fraction of sp³-hybridized carbons (Fsp3) is 0.409. The molecule has 0 atom stereocenters. The first-order valence-electron chi connectivity index (χ1n) is 10.2. The third kappa shape index (κ3) is 5.36. The second kappa shape index (κ2) is 9.89. The monoisotopic (exact) mass is 416 g/mol. The van der Waals surface area contributed by atoms with Gasteiger partial charge in [-0.3, -0.25) is 4.79 Å². The number of hydrogen-bond donors (Lipinski definition) is 1. The molecule has 0 aromatic heterocycles. The van der Waals surface area contributed by atoms with E-state index in [0.717, 1.165) is 32.1 Å². The van der Waals surface area contributed by atoms with Crippen LogP contribution < -0.4 is 10.1 Å². The molecular formula is C22H28N2O4S. The second-order valence-corrected chi connectivity index (χ2v) is 9.08. The minimum absolute atomic E-state index is 0.225. The maximum absolute atomic E-state index is 12.9. The molecule has 0 unspecified atom stereocenters. The van der Waals surface area contributed by atoms with Crippen LogP contribution in [0.25, 0.3) is 0 Å². The molecule has 2 aromatic rings. The van der Waals surface area contributed by atoms with Crippen LogP contribution in [0.5, 0.6) is 5.75 Å². The molecule has 1 saturated heterocycles. The summed E-state index contributed by atoms with van der Waals surface area (Å²) in [5.74, 6) is 0.305. The zero-order chi connectivity index (χ0) is 20.7. The summed E-state index contributed by atoms with van der Waals surface area (Å²) in [4.78, 5) is 12.8. The van der Waals surface area contributed by atoms with Gasteiger partial charge in [0, 0.05) is 18.7 Å². The lowest BCUT2D eigenvalue weighted by molar-refractivity contribution is 0.102. The summed E-state index contributed by atoms with van der Waals surface area (Å²) in [5.41, 5.74) is 0.984. The molecule has 0 radical (unpaired) electrons. The Labute approximate surface area is 172 Å². The molecule has 3 rings (SSSR count). The van der Waals surface area contributed by atoms with Gasteiger partial charge in [0.2, 0.25) is 10.0 Å². The van der Waals surface area contributed by atoms with Gasteiger partial charge in [-0.2, -0.15) is 4.31 Å². The lowest BCUT2D eigenvalue weighted by atomic mass is 10.2. The van der Waals surface area contributed by atoms with Gasteiger partial charge in [0.1, 0.15) is 5.75 Å². The Morgan fingerprint density at radius 1 is 1.00 bits per heavy atom. The van der Waals surface area contributed by atoms with E-state index in [1.807, 2.05) is 25.1 Å². The zero-order valence-corrected chi connectivity index (χ0v) is 17.6. The lowest BCUT2D eigenvalue weighted by Crippen LogP contribution is -2.31. The Balaban J connectivity index is 1.72. The van der Waals surface area contributed by atoms with Crippen molar-refractivity contribution in [2.24, 2.45) is 0 Å². The summed E-state index contributed by atoms with van der Waals surface area (Å²) < 4.78 is 32.9. The number of sulfonamides is 1. The molecule has 0 aliphatic carbocycles. The minimum atomic E-state index is -3.52. The highest BCUT2D eigenvalue weighted by molar-refractivity contribution is 7.89. The maximum atomic E-state index is 12.9. The zero-order valence-electron chi connectivity index (χ0n) is 16.8. The van der Waals surface area contributed by atoms with E-state index < -0.39 is 10.0 Å². The van der Waals surface area contributed by atoms with Gasteiger partial charge in [0.05, 0.1) is 17.2 Å². The van der Waals surface area contributed by atoms with Gasteiger partial charge >= 0.3 is 0 Å². The van der Waals surface area contributed by atoms with E-state index in [-0.39, 0.29) is 10.8 Å². The summed E-state index contributed by atoms with van der Waals surface area (Å²) in [6, 6.07) is 13.4. The van der Waals surface area contributed by atoms with Crippen molar-refractivity contribution in [3.63, 3.8) is 0 Å². The number of nitrogens with one attached hydrogen (secondary N) is 1. The molecule has 1 fully saturated rings. The van der Waals surface area contributed by atoms with Crippen molar-refractivity contribution in [2.75, 3.05) is 25.0 Å². The predicted molar refractivity (Wildman–Crippen MR) is 114 cm³/mol. The first kappa shape index (κ1) is 21.3. The molecule has 0 bridgehead atoms. The molecule has 1 aliphatic heterocycles. The highest BCUT2D eigenvalue weighted by Crippen LogP contribution is 2.25. The Hall–Kier alpha value is -2.38. The van der Waals surface area contributed by atoms with Gasteiger partial charge in [0.15, 0.2) is 0 Å². The van der Waals surface area contributed by atoms with Gasteiger partial charge in [-0.15, -0.1) is 0 Å². The van der Waals surface area contributed by atoms with Crippen molar-refractivity contribution < 1.29 is 17.9 Å². The van der Waals surface area contributed by atoms with Crippen molar-refractivity contribution >= 4 is 21.6 Å². The Morgan fingerprint density at radius 2 is 1.66 bits per heavy atom. The van der Waals surface area contributed by atoms with Crippen molar-refractivity contribution in [2.45, 2.75) is 43.9 Å². The number of carbonyl (C=O) groups excluding carboxylic acids is 1. The van der Waals surface area contributed by atoms with Crippen LogP contribution in [-0.4, -0.2) is 38.3 Å². The molecule has 1 heterocycles. The minimum Gasteiger partial charge on any atom is -0.491 e. The van der Waals surface area contributed by atoms with Crippen molar-refractivity contribution in [3.05, 3.63) is 54.1 Å². The van der Waals surface area contributed by atoms with E-state index in [9.17, 15) is 13.2 Å². The summed E-state index contributed by atoms with van der Waals surface area (Å²) in [6.45, 7) is 3.69. The first-order valence-corrected chi connectivity index (χ1v) is 11.6. The summed E-state index contributed by atoms with van der Waals surface area (Å²) in [6.07, 6.45) is 4.77. The number of benzene rings is 2. The third-order valence-corrected chi connectivity index (χ3v) is 6.83. The van der Waals surface area contributed by atoms with Gasteiger partial charge in [-0.1, -0.05) is 31.9 Å². The van der Waals surface area contributed by atoms with E-state index in [1.165, 1.54) is 12.1 Å². The molecule has 6 nitrogen and oxygen atoms in total. The molecule has 1 N–H and O–H groups in total. The van der Waals surface area contributed by atoms with Gasteiger partial charge < -0.3 is 10.1 Å². The highest BCUT2D eigenvalue weighted by atomic mass is 32.2. The fourth-order valence-electron chi connectivity index (χ4n) is 3.31. The van der Waals surface area contributed by atoms with Crippen LogP contribution in [0.2, 0.25) is 0 Å². The smallest absolute Gasteiger partial charge is 0.255 e. The standard InChI is InChI=1S/C22H28N2O4S/c1-2-17-28-21-10-6-5-9-20(21)23-22(25)18-11-13-19(14-12-18)29(26,27)24-15-7-3-4-8-16-24/h5-6,9-14H,2-4,7-8,15-17H2,1H3,(H,23,25). The molecule has 1 amide bonds. The Morgan fingerprint density at radius 3 is 2.31 bits per heavy atom. The van der Waals surface area contributed by atoms with Gasteiger partial charge in [0.25, 0.3) is 5.91 Å². The Bertz CT molecular complexity index is 918. The Kier molecular flexibility index (Phi) is 7.28. The number of rotatable bonds is 7. The van der Waals surface area contributed by atoms with Crippen LogP contribution in [0.1, 0.15) is 49.4 Å². The van der Waals surface area contributed by atoms with E-state index in [4.69, 9.17) is 4.74 Å². The van der Waals surface area contributed by atoms with Crippen molar-refractivity contribution in [3.8, 4) is 5.75 Å². The van der Waals surface area contributed by atoms with Crippen molar-refractivity contribution in [1.29, 1.82) is 0 Å². The molecule has 29 heavy (non-hydrogen) atoms. The third-order valence-electron chi connectivity index (χ3n) is 4.92. The van der Waals surface area contributed by atoms with Crippen LogP contribution in [-0.2, 0) is 10.0 Å². The molecule has 7 heteroatoms. The molecule has 1 aliphatic rings. The average molecular weight is 417 g/mol. The normalized spacial score (nSPS) is 15.5. The van der Waals surface area contributed by atoms with Gasteiger partial charge in [-0.05, 0) is 55.7 Å². The largest absolute Gasteiger partial charge is 0.491 e. The number of para-hydroxylation sites is 2. The van der Waals surface area contributed by atoms with Crippen LogP contribution >= 0.6 is 0 Å². The highest BCUT2D eigenvalue weighted by Gasteiger charge is 2.25. The lowest BCUT2D eigenvalue weighted by Gasteiger charge is -2.20. The number of ether oxygens (including phenoxy) is 1. The molecule has 0 saturated carbocycles. The number of amides is 1. The van der Waals surface area contributed by atoms with E-state index in [1.54, 1.807) is 22.5 Å². The first-order chi connectivity index (χ1) is 14.0. The predicted octanol–water partition coefficient (Wildman–Crippen LogP) is 4.29. The second-order valence-electron chi connectivity index (χ2n) is 7.14. The fourth-order valence-corrected chi connectivity index (χ4v) is 4.83. The molecular weight excluding hydrogens is 388 g/mol. The van der Waals surface area contributed by atoms with Gasteiger partial charge in [-0.25, -0.2) is 8.42 Å². The number of carbonyl (C=O) groups is 1. The summed E-state index contributed by atoms with van der Waals surface area (Å²) >= 11 is 0. The topological polar surface area (TPSA) is 75.7 Å². The summed E-state index contributed by atoms with van der Waals surface area (Å²) in [7, 11) is -3.52. The van der Waals surface area contributed by atoms with E-state index in [2.05, 4.69) is 5.32 Å². The SMILES string of the molecule is CCCOc1ccccc1NC(=O)c1ccc(S(=O)(=O)N2CCCCCC2)cc1. The quantitative estimate of drug-likeness (QED) is 0.730. The van der Waals surface area contributed by atoms with E-state index >= 15 is 0 Å². The molecule has 2 aromatic carbocycles. The van der Waals surface area contributed by atoms with Crippen LogP contribution in [0.4, 0.5) is 5.69 Å². The average Bonchev–Trinajstić information content (AvgIpc) is 3.03. The number of hydrogen-bond acceptors (Lipinski definition) is 4. The van der Waals surface area contributed by atoms with Crippen LogP contribution in [0, 0.1) is 0 Å².